The van der Waals surface area contributed by atoms with E-state index in [4.69, 9.17) is 5.73 Å². The summed E-state index contributed by atoms with van der Waals surface area (Å²) >= 11 is 0. The highest BCUT2D eigenvalue weighted by Crippen LogP contribution is 2.27. The van der Waals surface area contributed by atoms with Crippen LogP contribution in [-0.2, 0) is 6.42 Å². The summed E-state index contributed by atoms with van der Waals surface area (Å²) < 4.78 is 13.8. The number of para-hydroxylation sites is 1. The van der Waals surface area contributed by atoms with Gasteiger partial charge in [-0.15, -0.1) is 0 Å². The van der Waals surface area contributed by atoms with Crippen LogP contribution in [0.4, 0.5) is 15.8 Å². The summed E-state index contributed by atoms with van der Waals surface area (Å²) in [6.45, 7) is 2.70. The number of halogens is 1. The van der Waals surface area contributed by atoms with Crippen molar-refractivity contribution in [2.75, 3.05) is 18.5 Å². The first-order valence-corrected chi connectivity index (χ1v) is 6.41. The molecule has 2 aromatic carbocycles. The van der Waals surface area contributed by atoms with Crippen LogP contribution in [0.25, 0.3) is 0 Å². The summed E-state index contributed by atoms with van der Waals surface area (Å²) in [5, 5.41) is 0. The first kappa shape index (κ1) is 13.6. The third kappa shape index (κ3) is 2.93. The topological polar surface area (TPSA) is 29.3 Å². The van der Waals surface area contributed by atoms with Crippen molar-refractivity contribution >= 4 is 11.4 Å². The van der Waals surface area contributed by atoms with Crippen molar-refractivity contribution in [1.29, 1.82) is 0 Å². The average molecular weight is 258 g/mol. The molecule has 0 atom stereocenters. The predicted molar refractivity (Wildman–Crippen MR) is 78.4 cm³/mol. The first-order valence-electron chi connectivity index (χ1n) is 6.41. The maximum Gasteiger partial charge on any atom is 0.146 e. The van der Waals surface area contributed by atoms with Crippen molar-refractivity contribution in [2.45, 2.75) is 13.3 Å². The number of hydrogen-bond donors (Lipinski definition) is 1. The second-order valence-corrected chi connectivity index (χ2v) is 4.66. The summed E-state index contributed by atoms with van der Waals surface area (Å²) in [5.41, 5.74) is 9.56. The first-order chi connectivity index (χ1) is 9.13. The van der Waals surface area contributed by atoms with Crippen molar-refractivity contribution in [1.82, 2.24) is 0 Å². The molecule has 19 heavy (non-hydrogen) atoms. The molecule has 2 aromatic rings. The van der Waals surface area contributed by atoms with E-state index in [1.54, 1.807) is 12.1 Å². The molecular weight excluding hydrogens is 239 g/mol. The van der Waals surface area contributed by atoms with Crippen LogP contribution < -0.4 is 10.6 Å². The van der Waals surface area contributed by atoms with Crippen molar-refractivity contribution < 1.29 is 4.39 Å². The van der Waals surface area contributed by atoms with E-state index in [9.17, 15) is 4.39 Å². The molecule has 0 aliphatic rings. The molecule has 2 rings (SSSR count). The number of benzene rings is 2. The van der Waals surface area contributed by atoms with Crippen molar-refractivity contribution in [3.8, 4) is 0 Å². The molecule has 3 heteroatoms. The summed E-state index contributed by atoms with van der Waals surface area (Å²) in [6, 6.07) is 12.9. The molecule has 2 N–H and O–H groups in total. The van der Waals surface area contributed by atoms with Crippen LogP contribution in [0.15, 0.2) is 42.5 Å². The maximum absolute atomic E-state index is 13.8. The minimum Gasteiger partial charge on any atom is -0.342 e. The Morgan fingerprint density at radius 1 is 1.16 bits per heavy atom. The minimum atomic E-state index is -0.214. The lowest BCUT2D eigenvalue weighted by Gasteiger charge is -2.21. The zero-order chi connectivity index (χ0) is 13.8. The molecule has 0 aliphatic heterocycles. The standard InChI is InChI=1S/C16H19FN2/c1-12-11-14(8-7-13(12)9-10-18)19(2)16-6-4-3-5-15(16)17/h3-8,11H,9-10,18H2,1-2H3. The monoisotopic (exact) mass is 258 g/mol. The van der Waals surface area contributed by atoms with Crippen LogP contribution in [0, 0.1) is 12.7 Å². The van der Waals surface area contributed by atoms with Crippen LogP contribution in [0.3, 0.4) is 0 Å². The third-order valence-corrected chi connectivity index (χ3v) is 3.34. The lowest BCUT2D eigenvalue weighted by atomic mass is 10.0. The Hall–Kier alpha value is -1.87. The van der Waals surface area contributed by atoms with Crippen molar-refractivity contribution in [3.63, 3.8) is 0 Å². The van der Waals surface area contributed by atoms with Gasteiger partial charge in [0.15, 0.2) is 0 Å². The van der Waals surface area contributed by atoms with E-state index in [1.165, 1.54) is 17.2 Å². The molecule has 100 valence electrons. The van der Waals surface area contributed by atoms with Gasteiger partial charge in [-0.05, 0) is 55.3 Å². The second-order valence-electron chi connectivity index (χ2n) is 4.66. The minimum absolute atomic E-state index is 0.214. The molecular formula is C16H19FN2. The summed E-state index contributed by atoms with van der Waals surface area (Å²) in [7, 11) is 1.87. The Balaban J connectivity index is 2.32. The van der Waals surface area contributed by atoms with Gasteiger partial charge in [0, 0.05) is 12.7 Å². The fourth-order valence-corrected chi connectivity index (χ4v) is 2.19. The highest BCUT2D eigenvalue weighted by molar-refractivity contribution is 5.64. The average Bonchev–Trinajstić information content (AvgIpc) is 2.41. The fourth-order valence-electron chi connectivity index (χ4n) is 2.19. The van der Waals surface area contributed by atoms with Crippen molar-refractivity contribution in [2.24, 2.45) is 5.73 Å². The molecule has 0 spiro atoms. The van der Waals surface area contributed by atoms with Gasteiger partial charge in [-0.25, -0.2) is 4.39 Å². The number of nitrogens with two attached hydrogens (primary N) is 1. The molecule has 0 radical (unpaired) electrons. The van der Waals surface area contributed by atoms with Crippen LogP contribution >= 0.6 is 0 Å². The van der Waals surface area contributed by atoms with E-state index in [0.717, 1.165) is 12.1 Å². The zero-order valence-electron chi connectivity index (χ0n) is 11.4. The molecule has 0 saturated carbocycles. The number of hydrogen-bond acceptors (Lipinski definition) is 2. The highest BCUT2D eigenvalue weighted by atomic mass is 19.1. The Morgan fingerprint density at radius 3 is 2.53 bits per heavy atom. The number of rotatable bonds is 4. The van der Waals surface area contributed by atoms with Crippen LogP contribution in [0.1, 0.15) is 11.1 Å². The van der Waals surface area contributed by atoms with Crippen LogP contribution in [0.5, 0.6) is 0 Å². The molecule has 0 amide bonds. The predicted octanol–water partition coefficient (Wildman–Crippen LogP) is 3.40. The summed E-state index contributed by atoms with van der Waals surface area (Å²) in [4.78, 5) is 1.86. The highest BCUT2D eigenvalue weighted by Gasteiger charge is 2.09. The second kappa shape index (κ2) is 5.85. The van der Waals surface area contributed by atoms with E-state index in [1.807, 2.05) is 24.1 Å². The molecule has 0 unspecified atom stereocenters. The van der Waals surface area contributed by atoms with Gasteiger partial charge >= 0.3 is 0 Å². The molecule has 0 aliphatic carbocycles. The number of anilines is 2. The van der Waals surface area contributed by atoms with Gasteiger partial charge in [0.2, 0.25) is 0 Å². The smallest absolute Gasteiger partial charge is 0.146 e. The van der Waals surface area contributed by atoms with Gasteiger partial charge < -0.3 is 10.6 Å². The van der Waals surface area contributed by atoms with E-state index in [-0.39, 0.29) is 5.82 Å². The molecule has 0 aromatic heterocycles. The number of aryl methyl sites for hydroxylation is 1. The third-order valence-electron chi connectivity index (χ3n) is 3.34. The van der Waals surface area contributed by atoms with E-state index >= 15 is 0 Å². The fraction of sp³-hybridized carbons (Fsp3) is 0.250. The Bertz CT molecular complexity index is 566. The van der Waals surface area contributed by atoms with Crippen LogP contribution in [0.2, 0.25) is 0 Å². The lowest BCUT2D eigenvalue weighted by molar-refractivity contribution is 0.627. The SMILES string of the molecule is Cc1cc(N(C)c2ccccc2F)ccc1CCN. The molecule has 0 fully saturated rings. The maximum atomic E-state index is 13.8. The summed E-state index contributed by atoms with van der Waals surface area (Å²) in [6.07, 6.45) is 0.871. The Kier molecular flexibility index (Phi) is 4.17. The van der Waals surface area contributed by atoms with E-state index in [0.29, 0.717) is 12.2 Å². The summed E-state index contributed by atoms with van der Waals surface area (Å²) in [5.74, 6) is -0.214. The van der Waals surface area contributed by atoms with Crippen LogP contribution in [-0.4, -0.2) is 13.6 Å². The van der Waals surface area contributed by atoms with Gasteiger partial charge in [0.1, 0.15) is 5.82 Å². The largest absolute Gasteiger partial charge is 0.342 e. The lowest BCUT2D eigenvalue weighted by Crippen LogP contribution is -2.12. The van der Waals surface area contributed by atoms with Crippen molar-refractivity contribution in [3.05, 3.63) is 59.4 Å². The number of nitrogens with zero attached hydrogens (tertiary/aromatic N) is 1. The molecule has 0 bridgehead atoms. The van der Waals surface area contributed by atoms with Gasteiger partial charge in [0.25, 0.3) is 0 Å². The quantitative estimate of drug-likeness (QED) is 0.910. The van der Waals surface area contributed by atoms with Gasteiger partial charge in [-0.3, -0.25) is 0 Å². The van der Waals surface area contributed by atoms with E-state index < -0.39 is 0 Å². The molecule has 0 heterocycles. The molecule has 0 saturated heterocycles. The van der Waals surface area contributed by atoms with E-state index in [2.05, 4.69) is 19.1 Å². The zero-order valence-corrected chi connectivity index (χ0v) is 11.4. The Labute approximate surface area is 113 Å². The normalized spacial score (nSPS) is 10.5. The van der Waals surface area contributed by atoms with Gasteiger partial charge in [0.05, 0.1) is 5.69 Å². The molecule has 2 nitrogen and oxygen atoms in total. The Morgan fingerprint density at radius 2 is 1.89 bits per heavy atom. The van der Waals surface area contributed by atoms with Gasteiger partial charge in [-0.2, -0.15) is 0 Å². The van der Waals surface area contributed by atoms with Gasteiger partial charge in [-0.1, -0.05) is 18.2 Å².